The van der Waals surface area contributed by atoms with Gasteiger partial charge in [0.2, 0.25) is 0 Å². The van der Waals surface area contributed by atoms with E-state index in [4.69, 9.17) is 4.74 Å². The number of likely N-dealkylation sites (N-methyl/N-ethyl adjacent to an activating group) is 1. The zero-order valence-corrected chi connectivity index (χ0v) is 24.9. The van der Waals surface area contributed by atoms with Gasteiger partial charge in [0, 0.05) is 35.5 Å². The summed E-state index contributed by atoms with van der Waals surface area (Å²) >= 11 is 1.54. The molecule has 1 aromatic carbocycles. The second-order valence-electron chi connectivity index (χ2n) is 11.0. The molecule has 2 aliphatic rings. The van der Waals surface area contributed by atoms with Crippen LogP contribution in [-0.2, 0) is 4.79 Å². The Morgan fingerprint density at radius 1 is 1.05 bits per heavy atom. The molecule has 0 N–H and O–H groups in total. The van der Waals surface area contributed by atoms with E-state index in [2.05, 4.69) is 50.4 Å². The molecule has 1 atom stereocenters. The van der Waals surface area contributed by atoms with Gasteiger partial charge in [-0.15, -0.1) is 0 Å². The molecule has 0 saturated heterocycles. The average molecular weight is 526 g/mol. The van der Waals surface area contributed by atoms with Crippen molar-refractivity contribution in [2.24, 2.45) is 11.8 Å². The molecule has 0 spiro atoms. The summed E-state index contributed by atoms with van der Waals surface area (Å²) < 4.78 is 6.19. The van der Waals surface area contributed by atoms with E-state index in [1.807, 2.05) is 6.92 Å². The third kappa shape index (κ3) is 8.40. The zero-order valence-electron chi connectivity index (χ0n) is 24.1. The SMILES string of the molecule is C=C1C(C)=C(C2CCC2)c2ccc(OCCCCCCCCCCCSC(=O)C(C)CC)cc2N1CC. The van der Waals surface area contributed by atoms with Crippen LogP contribution in [0, 0.1) is 11.8 Å². The number of carbonyl (C=O) groups is 1. The van der Waals surface area contributed by atoms with E-state index in [1.54, 1.807) is 11.8 Å². The average Bonchev–Trinajstić information content (AvgIpc) is 2.87. The van der Waals surface area contributed by atoms with Crippen LogP contribution >= 0.6 is 11.8 Å². The van der Waals surface area contributed by atoms with E-state index < -0.39 is 0 Å². The van der Waals surface area contributed by atoms with Gasteiger partial charge in [-0.2, -0.15) is 0 Å². The van der Waals surface area contributed by atoms with Crippen molar-refractivity contribution in [3.63, 3.8) is 0 Å². The van der Waals surface area contributed by atoms with Gasteiger partial charge in [-0.3, -0.25) is 4.79 Å². The van der Waals surface area contributed by atoms with Gasteiger partial charge in [-0.25, -0.2) is 0 Å². The number of rotatable bonds is 17. The fourth-order valence-electron chi connectivity index (χ4n) is 5.46. The minimum atomic E-state index is 0.215. The molecule has 1 saturated carbocycles. The maximum Gasteiger partial charge on any atom is 0.191 e. The summed E-state index contributed by atoms with van der Waals surface area (Å²) in [6.45, 7) is 14.7. The third-order valence-electron chi connectivity index (χ3n) is 8.36. The van der Waals surface area contributed by atoms with Gasteiger partial charge in [0.15, 0.2) is 5.12 Å². The van der Waals surface area contributed by atoms with E-state index in [9.17, 15) is 4.79 Å². The first-order valence-electron chi connectivity index (χ1n) is 15.1. The van der Waals surface area contributed by atoms with Crippen LogP contribution < -0.4 is 9.64 Å². The fourth-order valence-corrected chi connectivity index (χ4v) is 6.46. The Kier molecular flexibility index (Phi) is 12.6. The van der Waals surface area contributed by atoms with Crippen molar-refractivity contribution >= 4 is 28.1 Å². The summed E-state index contributed by atoms with van der Waals surface area (Å²) in [6.07, 6.45) is 16.3. The Morgan fingerprint density at radius 3 is 2.30 bits per heavy atom. The topological polar surface area (TPSA) is 29.5 Å². The molecule has 0 amide bonds. The largest absolute Gasteiger partial charge is 0.494 e. The Balaban J connectivity index is 1.29. The van der Waals surface area contributed by atoms with Gasteiger partial charge in [-0.1, -0.05) is 83.6 Å². The van der Waals surface area contributed by atoms with Crippen molar-refractivity contribution in [3.8, 4) is 5.75 Å². The van der Waals surface area contributed by atoms with Gasteiger partial charge in [-0.05, 0) is 75.1 Å². The highest BCUT2D eigenvalue weighted by Gasteiger charge is 2.32. The van der Waals surface area contributed by atoms with Crippen LogP contribution in [-0.4, -0.2) is 24.0 Å². The molecule has 1 heterocycles. The van der Waals surface area contributed by atoms with Gasteiger partial charge < -0.3 is 9.64 Å². The Labute approximate surface area is 231 Å². The Bertz CT molecular complexity index is 917. The maximum atomic E-state index is 11.8. The monoisotopic (exact) mass is 525 g/mol. The number of allylic oxidation sites excluding steroid dienone is 2. The normalized spacial score (nSPS) is 16.5. The molecule has 0 radical (unpaired) electrons. The summed E-state index contributed by atoms with van der Waals surface area (Å²) in [5.74, 6) is 2.90. The number of ether oxygens (including phenoxy) is 1. The Morgan fingerprint density at radius 2 is 1.70 bits per heavy atom. The van der Waals surface area contributed by atoms with Gasteiger partial charge in [0.05, 0.1) is 12.3 Å². The zero-order chi connectivity index (χ0) is 26.6. The highest BCUT2D eigenvalue weighted by atomic mass is 32.2. The fraction of sp³-hybridized carbons (Fsp3) is 0.667. The number of fused-ring (bicyclic) bond motifs is 1. The summed E-state index contributed by atoms with van der Waals surface area (Å²) in [4.78, 5) is 14.2. The molecule has 3 rings (SSSR count). The van der Waals surface area contributed by atoms with Crippen LogP contribution in [0.5, 0.6) is 5.75 Å². The van der Waals surface area contributed by atoms with Crippen LogP contribution in [0.2, 0.25) is 0 Å². The van der Waals surface area contributed by atoms with Crippen LogP contribution in [0.3, 0.4) is 0 Å². The smallest absolute Gasteiger partial charge is 0.191 e. The summed E-state index contributed by atoms with van der Waals surface area (Å²) in [5, 5.41) is 0.372. The van der Waals surface area contributed by atoms with Crippen molar-refractivity contribution in [3.05, 3.63) is 41.6 Å². The summed E-state index contributed by atoms with van der Waals surface area (Å²) in [6, 6.07) is 6.71. The molecule has 3 nitrogen and oxygen atoms in total. The number of unbranched alkanes of at least 4 members (excludes halogenated alkanes) is 8. The lowest BCUT2D eigenvalue weighted by Crippen LogP contribution is -2.29. The lowest BCUT2D eigenvalue weighted by Gasteiger charge is -2.39. The lowest BCUT2D eigenvalue weighted by molar-refractivity contribution is -0.113. The quantitative estimate of drug-likeness (QED) is 0.189. The molecule has 1 aliphatic heterocycles. The number of thioether (sulfide) groups is 1. The molecular weight excluding hydrogens is 474 g/mol. The first-order valence-corrected chi connectivity index (χ1v) is 16.1. The van der Waals surface area contributed by atoms with E-state index in [0.29, 0.717) is 11.0 Å². The number of nitrogens with zero attached hydrogens (tertiary/aromatic N) is 1. The van der Waals surface area contributed by atoms with Crippen LogP contribution in [0.4, 0.5) is 5.69 Å². The summed E-state index contributed by atoms with van der Waals surface area (Å²) in [7, 11) is 0. The molecule has 0 bridgehead atoms. The minimum Gasteiger partial charge on any atom is -0.494 e. The van der Waals surface area contributed by atoms with Crippen molar-refractivity contribution in [1.29, 1.82) is 0 Å². The van der Waals surface area contributed by atoms with Crippen molar-refractivity contribution in [2.75, 3.05) is 23.8 Å². The second kappa shape index (κ2) is 15.7. The minimum absolute atomic E-state index is 0.215. The molecular formula is C33H51NO2S. The van der Waals surface area contributed by atoms with Crippen LogP contribution in [0.25, 0.3) is 5.57 Å². The van der Waals surface area contributed by atoms with E-state index in [-0.39, 0.29) is 5.92 Å². The van der Waals surface area contributed by atoms with Crippen LogP contribution in [0.1, 0.15) is 117 Å². The molecule has 1 aromatic rings. The standard InChI is InChI=1S/C33H51NO2S/c1-6-25(3)33(35)37-23-16-14-12-10-8-9-11-13-15-22-36-29-20-21-30-31(24-29)34(7-2)27(5)26(4)32(30)28-18-17-19-28/h20-21,24-25,28H,5-19,22-23H2,1-4H3. The highest BCUT2D eigenvalue weighted by Crippen LogP contribution is 2.49. The summed E-state index contributed by atoms with van der Waals surface area (Å²) in [5.41, 5.74) is 6.73. The molecule has 1 unspecified atom stereocenters. The van der Waals surface area contributed by atoms with Crippen molar-refractivity contribution in [2.45, 2.75) is 111 Å². The molecule has 1 aliphatic carbocycles. The van der Waals surface area contributed by atoms with E-state index >= 15 is 0 Å². The van der Waals surface area contributed by atoms with Crippen molar-refractivity contribution in [1.82, 2.24) is 0 Å². The Hall–Kier alpha value is -1.68. The highest BCUT2D eigenvalue weighted by molar-refractivity contribution is 8.13. The molecule has 0 aromatic heterocycles. The predicted octanol–water partition coefficient (Wildman–Crippen LogP) is 9.81. The second-order valence-corrected chi connectivity index (χ2v) is 12.1. The number of benzene rings is 1. The number of anilines is 1. The first-order chi connectivity index (χ1) is 18.0. The molecule has 4 heteroatoms. The van der Waals surface area contributed by atoms with Gasteiger partial charge in [0.25, 0.3) is 0 Å². The van der Waals surface area contributed by atoms with Gasteiger partial charge in [0.1, 0.15) is 5.75 Å². The number of hydrogen-bond donors (Lipinski definition) is 0. The first kappa shape index (κ1) is 29.9. The van der Waals surface area contributed by atoms with Gasteiger partial charge >= 0.3 is 0 Å². The van der Waals surface area contributed by atoms with Crippen molar-refractivity contribution < 1.29 is 9.53 Å². The molecule has 1 fully saturated rings. The maximum absolute atomic E-state index is 11.8. The van der Waals surface area contributed by atoms with E-state index in [1.165, 1.54) is 93.0 Å². The lowest BCUT2D eigenvalue weighted by atomic mass is 9.73. The van der Waals surface area contributed by atoms with Crippen LogP contribution in [0.15, 0.2) is 36.0 Å². The predicted molar refractivity (Wildman–Crippen MR) is 163 cm³/mol. The molecule has 206 valence electrons. The number of carbonyl (C=O) groups excluding carboxylic acids is 1. The molecule has 37 heavy (non-hydrogen) atoms. The number of hydrogen-bond acceptors (Lipinski definition) is 4. The van der Waals surface area contributed by atoms with E-state index in [0.717, 1.165) is 43.2 Å². The third-order valence-corrected chi connectivity index (χ3v) is 9.54.